The SMILES string of the molecule is Cc1ccc(OCc2ccc(C(=O)Nc3ccn(Cc4c(F)c(F)c(F)c(F)c4F)n3)o2)c([N+](=O)[O-])c1. The molecule has 14 heteroatoms. The summed E-state index contributed by atoms with van der Waals surface area (Å²) in [6.45, 7) is 0.680. The summed E-state index contributed by atoms with van der Waals surface area (Å²) in [5.74, 6) is -11.3. The lowest BCUT2D eigenvalue weighted by Crippen LogP contribution is -2.13. The number of hydrogen-bond donors (Lipinski definition) is 1. The Balaban J connectivity index is 1.41. The van der Waals surface area contributed by atoms with Crippen molar-refractivity contribution in [2.45, 2.75) is 20.1 Å². The van der Waals surface area contributed by atoms with Crippen molar-refractivity contribution in [1.29, 1.82) is 0 Å². The van der Waals surface area contributed by atoms with Crippen LogP contribution in [0.2, 0.25) is 0 Å². The van der Waals surface area contributed by atoms with Gasteiger partial charge in [-0.15, -0.1) is 0 Å². The maximum atomic E-state index is 13.9. The molecule has 0 spiro atoms. The van der Waals surface area contributed by atoms with Gasteiger partial charge in [0.15, 0.2) is 40.6 Å². The highest BCUT2D eigenvalue weighted by Crippen LogP contribution is 2.29. The number of nitro benzene ring substituents is 1. The number of aromatic nitrogens is 2. The fraction of sp³-hybridized carbons (Fsp3) is 0.130. The van der Waals surface area contributed by atoms with Crippen molar-refractivity contribution < 1.29 is 40.8 Å². The third kappa shape index (κ3) is 5.27. The van der Waals surface area contributed by atoms with Gasteiger partial charge in [-0.05, 0) is 30.7 Å². The largest absolute Gasteiger partial charge is 0.479 e. The quantitative estimate of drug-likeness (QED) is 0.111. The molecule has 4 aromatic rings. The van der Waals surface area contributed by atoms with Gasteiger partial charge in [0.25, 0.3) is 5.91 Å². The number of hydrogen-bond acceptors (Lipinski definition) is 6. The molecule has 0 aliphatic carbocycles. The van der Waals surface area contributed by atoms with Crippen molar-refractivity contribution in [3.8, 4) is 5.75 Å². The van der Waals surface area contributed by atoms with Crippen LogP contribution in [0.15, 0.2) is 47.0 Å². The van der Waals surface area contributed by atoms with E-state index < -0.39 is 52.0 Å². The third-order valence-electron chi connectivity index (χ3n) is 5.07. The van der Waals surface area contributed by atoms with Gasteiger partial charge < -0.3 is 14.5 Å². The molecule has 0 radical (unpaired) electrons. The first kappa shape index (κ1) is 25.3. The molecule has 2 heterocycles. The van der Waals surface area contributed by atoms with Crippen molar-refractivity contribution in [2.24, 2.45) is 0 Å². The van der Waals surface area contributed by atoms with Crippen LogP contribution in [0.1, 0.15) is 27.4 Å². The van der Waals surface area contributed by atoms with Crippen molar-refractivity contribution >= 4 is 17.4 Å². The Morgan fingerprint density at radius 2 is 1.73 bits per heavy atom. The van der Waals surface area contributed by atoms with Crippen LogP contribution in [-0.2, 0) is 13.2 Å². The summed E-state index contributed by atoms with van der Waals surface area (Å²) in [6, 6.07) is 8.37. The van der Waals surface area contributed by atoms with Gasteiger partial charge in [0.2, 0.25) is 5.82 Å². The highest BCUT2D eigenvalue weighted by molar-refractivity contribution is 6.01. The standard InChI is InChI=1S/C23H15F5N4O5/c1-11-2-4-15(14(8-11)32(34)35)36-10-12-3-5-16(37-12)23(33)29-17-6-7-31(30-17)9-13-18(24)20(26)22(28)21(27)19(13)25/h2-8H,9-10H2,1H3,(H,29,30,33). The summed E-state index contributed by atoms with van der Waals surface area (Å²) in [5.41, 5.74) is -0.654. The number of halogens is 5. The van der Waals surface area contributed by atoms with E-state index >= 15 is 0 Å². The topological polar surface area (TPSA) is 112 Å². The monoisotopic (exact) mass is 522 g/mol. The van der Waals surface area contributed by atoms with Gasteiger partial charge in [-0.3, -0.25) is 19.6 Å². The van der Waals surface area contributed by atoms with Crippen LogP contribution in [0.25, 0.3) is 0 Å². The number of carbonyl (C=O) groups excluding carboxylic acids is 1. The number of nitrogens with zero attached hydrogens (tertiary/aromatic N) is 3. The van der Waals surface area contributed by atoms with Crippen LogP contribution < -0.4 is 10.1 Å². The highest BCUT2D eigenvalue weighted by atomic mass is 19.2. The van der Waals surface area contributed by atoms with E-state index in [0.29, 0.717) is 5.56 Å². The molecule has 192 valence electrons. The smallest absolute Gasteiger partial charge is 0.311 e. The lowest BCUT2D eigenvalue weighted by molar-refractivity contribution is -0.386. The molecule has 0 saturated heterocycles. The maximum Gasteiger partial charge on any atom is 0.311 e. The van der Waals surface area contributed by atoms with Crippen molar-refractivity contribution in [3.05, 3.63) is 104 Å². The van der Waals surface area contributed by atoms with E-state index in [2.05, 4.69) is 10.4 Å². The molecular weight excluding hydrogens is 507 g/mol. The molecule has 0 fully saturated rings. The van der Waals surface area contributed by atoms with E-state index in [1.165, 1.54) is 30.3 Å². The molecule has 0 bridgehead atoms. The number of nitrogens with one attached hydrogen (secondary N) is 1. The zero-order valence-electron chi connectivity index (χ0n) is 18.7. The number of nitro groups is 1. The first-order valence-electron chi connectivity index (χ1n) is 10.4. The molecule has 1 N–H and O–H groups in total. The third-order valence-corrected chi connectivity index (χ3v) is 5.07. The van der Waals surface area contributed by atoms with E-state index in [0.717, 1.165) is 10.9 Å². The average Bonchev–Trinajstić information content (AvgIpc) is 3.53. The van der Waals surface area contributed by atoms with Crippen LogP contribution >= 0.6 is 0 Å². The minimum atomic E-state index is -2.27. The molecule has 0 saturated carbocycles. The predicted molar refractivity (Wildman–Crippen MR) is 116 cm³/mol. The van der Waals surface area contributed by atoms with Gasteiger partial charge in [-0.2, -0.15) is 5.10 Å². The molecule has 0 unspecified atom stereocenters. The van der Waals surface area contributed by atoms with Crippen LogP contribution in [0.5, 0.6) is 5.75 Å². The number of furan rings is 1. The second-order valence-electron chi connectivity index (χ2n) is 7.68. The Hall–Kier alpha value is -4.75. The minimum absolute atomic E-state index is 0.0114. The predicted octanol–water partition coefficient (Wildman–Crippen LogP) is 5.27. The number of amides is 1. The van der Waals surface area contributed by atoms with E-state index in [9.17, 15) is 36.9 Å². The number of rotatable bonds is 8. The van der Waals surface area contributed by atoms with Gasteiger partial charge in [0, 0.05) is 18.3 Å². The van der Waals surface area contributed by atoms with Gasteiger partial charge in [-0.1, -0.05) is 6.07 Å². The summed E-state index contributed by atoms with van der Waals surface area (Å²) in [5, 5.41) is 17.4. The van der Waals surface area contributed by atoms with E-state index in [4.69, 9.17) is 9.15 Å². The van der Waals surface area contributed by atoms with Crippen molar-refractivity contribution in [3.63, 3.8) is 0 Å². The highest BCUT2D eigenvalue weighted by Gasteiger charge is 2.26. The summed E-state index contributed by atoms with van der Waals surface area (Å²) < 4.78 is 79.5. The average molecular weight is 522 g/mol. The van der Waals surface area contributed by atoms with Crippen molar-refractivity contribution in [2.75, 3.05) is 5.32 Å². The molecular formula is C23H15F5N4O5. The Morgan fingerprint density at radius 1 is 1.05 bits per heavy atom. The minimum Gasteiger partial charge on any atom is -0.479 e. The zero-order valence-corrected chi connectivity index (χ0v) is 18.7. The second-order valence-corrected chi connectivity index (χ2v) is 7.68. The van der Waals surface area contributed by atoms with E-state index in [1.807, 2.05) is 0 Å². The molecule has 37 heavy (non-hydrogen) atoms. The Bertz CT molecular complexity index is 1490. The molecule has 2 aromatic heterocycles. The molecule has 0 aliphatic heterocycles. The summed E-state index contributed by atoms with van der Waals surface area (Å²) in [4.78, 5) is 23.0. The van der Waals surface area contributed by atoms with Crippen molar-refractivity contribution in [1.82, 2.24) is 9.78 Å². The maximum absolute atomic E-state index is 13.9. The fourth-order valence-corrected chi connectivity index (χ4v) is 3.26. The molecule has 0 aliphatic rings. The molecule has 2 aromatic carbocycles. The van der Waals surface area contributed by atoms with Gasteiger partial charge in [0.05, 0.1) is 17.0 Å². The van der Waals surface area contributed by atoms with Gasteiger partial charge in [0.1, 0.15) is 12.4 Å². The number of anilines is 1. The van der Waals surface area contributed by atoms with Gasteiger partial charge >= 0.3 is 5.69 Å². The Labute approximate surface area is 204 Å². The fourth-order valence-electron chi connectivity index (χ4n) is 3.26. The number of ether oxygens (including phenoxy) is 1. The van der Waals surface area contributed by atoms with Crippen LogP contribution in [0.3, 0.4) is 0 Å². The Kier molecular flexibility index (Phi) is 6.91. The lowest BCUT2D eigenvalue weighted by Gasteiger charge is -2.08. The number of benzene rings is 2. The first-order chi connectivity index (χ1) is 17.5. The molecule has 4 rings (SSSR count). The van der Waals surface area contributed by atoms with Crippen LogP contribution in [-0.4, -0.2) is 20.6 Å². The molecule has 1 amide bonds. The summed E-state index contributed by atoms with van der Waals surface area (Å²) in [6.07, 6.45) is 1.16. The lowest BCUT2D eigenvalue weighted by atomic mass is 10.1. The number of carbonyl (C=O) groups is 1. The summed E-state index contributed by atoms with van der Waals surface area (Å²) >= 11 is 0. The summed E-state index contributed by atoms with van der Waals surface area (Å²) in [7, 11) is 0. The molecule has 9 nitrogen and oxygen atoms in total. The number of aryl methyl sites for hydroxylation is 1. The first-order valence-corrected chi connectivity index (χ1v) is 10.4. The van der Waals surface area contributed by atoms with Gasteiger partial charge in [-0.25, -0.2) is 22.0 Å². The van der Waals surface area contributed by atoms with Crippen LogP contribution in [0.4, 0.5) is 33.5 Å². The van der Waals surface area contributed by atoms with Crippen LogP contribution in [0, 0.1) is 46.1 Å². The van der Waals surface area contributed by atoms with E-state index in [-0.39, 0.29) is 35.4 Å². The normalized spacial score (nSPS) is 11.0. The van der Waals surface area contributed by atoms with E-state index in [1.54, 1.807) is 13.0 Å². The zero-order chi connectivity index (χ0) is 26.9. The molecule has 0 atom stereocenters. The Morgan fingerprint density at radius 3 is 2.41 bits per heavy atom. The second kappa shape index (κ2) is 10.1.